The molecule has 3 nitrogen and oxygen atoms in total. The predicted octanol–water partition coefficient (Wildman–Crippen LogP) is 2.51. The second-order valence-corrected chi connectivity index (χ2v) is 7.10. The summed E-state index contributed by atoms with van der Waals surface area (Å²) in [5.74, 6) is 0.796. The Morgan fingerprint density at radius 1 is 1.37 bits per heavy atom. The first-order valence-electron chi connectivity index (χ1n) is 8.09. The van der Waals surface area contributed by atoms with Gasteiger partial charge >= 0.3 is 0 Å². The summed E-state index contributed by atoms with van der Waals surface area (Å²) in [4.78, 5) is 2.64. The van der Waals surface area contributed by atoms with Crippen molar-refractivity contribution in [2.45, 2.75) is 59.0 Å². The number of hydrogen-bond acceptors (Lipinski definition) is 3. The van der Waals surface area contributed by atoms with Crippen LogP contribution in [0.15, 0.2) is 0 Å². The van der Waals surface area contributed by atoms with Crippen LogP contribution in [0.1, 0.15) is 47.0 Å². The third-order valence-electron chi connectivity index (χ3n) is 5.11. The van der Waals surface area contributed by atoms with Crippen molar-refractivity contribution < 1.29 is 4.74 Å². The Labute approximate surface area is 119 Å². The van der Waals surface area contributed by atoms with Crippen LogP contribution in [0.5, 0.6) is 0 Å². The first kappa shape index (κ1) is 15.3. The van der Waals surface area contributed by atoms with Crippen molar-refractivity contribution in [2.75, 3.05) is 32.8 Å². The summed E-state index contributed by atoms with van der Waals surface area (Å²) < 4.78 is 5.56. The van der Waals surface area contributed by atoms with Crippen molar-refractivity contribution in [3.8, 4) is 0 Å². The Morgan fingerprint density at radius 2 is 2.16 bits per heavy atom. The van der Waals surface area contributed by atoms with Gasteiger partial charge in [0.2, 0.25) is 0 Å². The Balaban J connectivity index is 1.99. The first-order valence-corrected chi connectivity index (χ1v) is 8.09. The average Bonchev–Trinajstić information content (AvgIpc) is 2.36. The SMILES string of the molecule is CCNC1C(CN2CCOCC2C)CCCC1(C)C. The first-order chi connectivity index (χ1) is 9.04. The molecule has 3 unspecified atom stereocenters. The van der Waals surface area contributed by atoms with Crippen LogP contribution in [0.25, 0.3) is 0 Å². The van der Waals surface area contributed by atoms with E-state index in [4.69, 9.17) is 4.74 Å². The lowest BCUT2D eigenvalue weighted by Gasteiger charge is -2.47. The highest BCUT2D eigenvalue weighted by Gasteiger charge is 2.39. The van der Waals surface area contributed by atoms with Gasteiger partial charge in [0.25, 0.3) is 0 Å². The number of rotatable bonds is 4. The molecule has 2 rings (SSSR count). The van der Waals surface area contributed by atoms with Gasteiger partial charge in [0.05, 0.1) is 13.2 Å². The van der Waals surface area contributed by atoms with Crippen molar-refractivity contribution >= 4 is 0 Å². The quantitative estimate of drug-likeness (QED) is 0.848. The minimum atomic E-state index is 0.439. The maximum absolute atomic E-state index is 5.56. The summed E-state index contributed by atoms with van der Waals surface area (Å²) in [7, 11) is 0. The lowest BCUT2D eigenvalue weighted by atomic mass is 9.67. The van der Waals surface area contributed by atoms with Crippen molar-refractivity contribution in [3.05, 3.63) is 0 Å². The maximum Gasteiger partial charge on any atom is 0.0619 e. The molecule has 1 saturated heterocycles. The molecule has 3 atom stereocenters. The van der Waals surface area contributed by atoms with Crippen LogP contribution in [0.2, 0.25) is 0 Å². The molecule has 1 aliphatic heterocycles. The molecule has 1 heterocycles. The molecule has 0 aromatic heterocycles. The minimum Gasteiger partial charge on any atom is -0.379 e. The molecule has 0 radical (unpaired) electrons. The molecule has 1 saturated carbocycles. The molecule has 0 amide bonds. The maximum atomic E-state index is 5.56. The predicted molar refractivity (Wildman–Crippen MR) is 80.4 cm³/mol. The van der Waals surface area contributed by atoms with Gasteiger partial charge in [0.15, 0.2) is 0 Å². The fourth-order valence-corrected chi connectivity index (χ4v) is 3.97. The molecule has 19 heavy (non-hydrogen) atoms. The van der Waals surface area contributed by atoms with Gasteiger partial charge in [0, 0.05) is 25.2 Å². The summed E-state index contributed by atoms with van der Waals surface area (Å²) in [6.07, 6.45) is 4.13. The van der Waals surface area contributed by atoms with E-state index in [0.717, 1.165) is 32.2 Å². The molecule has 1 N–H and O–H groups in total. The summed E-state index contributed by atoms with van der Waals surface area (Å²) in [6.45, 7) is 14.7. The van der Waals surface area contributed by atoms with E-state index in [-0.39, 0.29) is 0 Å². The molecular weight excluding hydrogens is 236 g/mol. The molecule has 0 bridgehead atoms. The van der Waals surface area contributed by atoms with Crippen LogP contribution in [-0.2, 0) is 4.74 Å². The lowest BCUT2D eigenvalue weighted by molar-refractivity contribution is -0.0204. The van der Waals surface area contributed by atoms with Crippen LogP contribution < -0.4 is 5.32 Å². The number of nitrogens with one attached hydrogen (secondary N) is 1. The number of ether oxygens (including phenoxy) is 1. The Morgan fingerprint density at radius 3 is 2.84 bits per heavy atom. The molecule has 3 heteroatoms. The van der Waals surface area contributed by atoms with E-state index in [1.807, 2.05) is 0 Å². The van der Waals surface area contributed by atoms with Crippen LogP contribution >= 0.6 is 0 Å². The Kier molecular flexibility index (Phi) is 5.27. The van der Waals surface area contributed by atoms with E-state index in [9.17, 15) is 0 Å². The molecular formula is C16H32N2O. The monoisotopic (exact) mass is 268 g/mol. The van der Waals surface area contributed by atoms with Gasteiger partial charge < -0.3 is 10.1 Å². The molecule has 112 valence electrons. The number of nitrogens with zero attached hydrogens (tertiary/aromatic N) is 1. The minimum absolute atomic E-state index is 0.439. The zero-order chi connectivity index (χ0) is 13.9. The van der Waals surface area contributed by atoms with E-state index in [2.05, 4.69) is 37.9 Å². The summed E-state index contributed by atoms with van der Waals surface area (Å²) in [6, 6.07) is 1.25. The molecule has 1 aliphatic carbocycles. The standard InChI is InChI=1S/C16H32N2O/c1-5-17-15-14(7-6-8-16(15,3)4)11-18-9-10-19-12-13(18)2/h13-15,17H,5-12H2,1-4H3. The van der Waals surface area contributed by atoms with Gasteiger partial charge in [-0.05, 0) is 37.6 Å². The van der Waals surface area contributed by atoms with Gasteiger partial charge in [-0.15, -0.1) is 0 Å². The normalized spacial score (nSPS) is 36.3. The van der Waals surface area contributed by atoms with Crippen molar-refractivity contribution in [2.24, 2.45) is 11.3 Å². The topological polar surface area (TPSA) is 24.5 Å². The molecule has 0 aromatic carbocycles. The second-order valence-electron chi connectivity index (χ2n) is 7.10. The lowest BCUT2D eigenvalue weighted by Crippen LogP contribution is -2.55. The van der Waals surface area contributed by atoms with Gasteiger partial charge in [0.1, 0.15) is 0 Å². The highest BCUT2D eigenvalue weighted by Crippen LogP contribution is 2.39. The van der Waals surface area contributed by atoms with Crippen LogP contribution in [0.4, 0.5) is 0 Å². The highest BCUT2D eigenvalue weighted by molar-refractivity contribution is 4.94. The molecule has 2 fully saturated rings. The summed E-state index contributed by atoms with van der Waals surface area (Å²) >= 11 is 0. The number of hydrogen-bond donors (Lipinski definition) is 1. The van der Waals surface area contributed by atoms with Crippen LogP contribution in [-0.4, -0.2) is 49.8 Å². The average molecular weight is 268 g/mol. The smallest absolute Gasteiger partial charge is 0.0619 e. The van der Waals surface area contributed by atoms with E-state index in [1.165, 1.54) is 25.8 Å². The zero-order valence-electron chi connectivity index (χ0n) is 13.2. The van der Waals surface area contributed by atoms with E-state index >= 15 is 0 Å². The summed E-state index contributed by atoms with van der Waals surface area (Å²) in [5, 5.41) is 3.77. The van der Waals surface area contributed by atoms with Gasteiger partial charge in [-0.1, -0.05) is 27.2 Å². The number of morpholine rings is 1. The Hall–Kier alpha value is -0.120. The van der Waals surface area contributed by atoms with Crippen molar-refractivity contribution in [1.29, 1.82) is 0 Å². The fourth-order valence-electron chi connectivity index (χ4n) is 3.97. The fraction of sp³-hybridized carbons (Fsp3) is 1.00. The summed E-state index contributed by atoms with van der Waals surface area (Å²) in [5.41, 5.74) is 0.439. The third kappa shape index (κ3) is 3.71. The highest BCUT2D eigenvalue weighted by atomic mass is 16.5. The van der Waals surface area contributed by atoms with E-state index in [1.54, 1.807) is 0 Å². The molecule has 0 spiro atoms. The molecule has 2 aliphatic rings. The molecule has 0 aromatic rings. The van der Waals surface area contributed by atoms with Gasteiger partial charge in [-0.3, -0.25) is 4.90 Å². The van der Waals surface area contributed by atoms with Crippen LogP contribution in [0, 0.1) is 11.3 Å². The Bertz CT molecular complexity index is 280. The van der Waals surface area contributed by atoms with Crippen molar-refractivity contribution in [3.63, 3.8) is 0 Å². The van der Waals surface area contributed by atoms with E-state index < -0.39 is 0 Å². The van der Waals surface area contributed by atoms with E-state index in [0.29, 0.717) is 17.5 Å². The van der Waals surface area contributed by atoms with Crippen LogP contribution in [0.3, 0.4) is 0 Å². The van der Waals surface area contributed by atoms with Crippen molar-refractivity contribution in [1.82, 2.24) is 10.2 Å². The van der Waals surface area contributed by atoms with Gasteiger partial charge in [-0.25, -0.2) is 0 Å². The second kappa shape index (κ2) is 6.55. The largest absolute Gasteiger partial charge is 0.379 e. The third-order valence-corrected chi connectivity index (χ3v) is 5.11. The zero-order valence-corrected chi connectivity index (χ0v) is 13.2. The van der Waals surface area contributed by atoms with Gasteiger partial charge in [-0.2, -0.15) is 0 Å².